The maximum atomic E-state index is 6.25. The lowest BCUT2D eigenvalue weighted by Crippen LogP contribution is -2.25. The van der Waals surface area contributed by atoms with E-state index in [0.717, 1.165) is 53.3 Å². The molecule has 6 heteroatoms. The summed E-state index contributed by atoms with van der Waals surface area (Å²) < 4.78 is 5.30. The summed E-state index contributed by atoms with van der Waals surface area (Å²) in [6, 6.07) is 8.16. The molecule has 0 aliphatic carbocycles. The van der Waals surface area contributed by atoms with Crippen LogP contribution < -0.4 is 9.64 Å². The molecule has 138 valence electrons. The molecule has 0 spiro atoms. The van der Waals surface area contributed by atoms with Gasteiger partial charge in [-0.3, -0.25) is 0 Å². The summed E-state index contributed by atoms with van der Waals surface area (Å²) in [6.45, 7) is 8.34. The number of aryl methyl sites for hydroxylation is 1. The molecule has 26 heavy (non-hydrogen) atoms. The van der Waals surface area contributed by atoms with Crippen molar-refractivity contribution in [3.05, 3.63) is 34.4 Å². The van der Waals surface area contributed by atoms with Crippen molar-refractivity contribution >= 4 is 39.0 Å². The Morgan fingerprint density at radius 3 is 2.50 bits per heavy atom. The van der Waals surface area contributed by atoms with E-state index < -0.39 is 0 Å². The molecule has 3 aromatic rings. The predicted octanol–water partition coefficient (Wildman–Crippen LogP) is 5.96. The fraction of sp³-hybridized carbons (Fsp3) is 0.400. The highest BCUT2D eigenvalue weighted by Crippen LogP contribution is 2.42. The number of nitrogens with zero attached hydrogens (tertiary/aromatic N) is 3. The van der Waals surface area contributed by atoms with E-state index >= 15 is 0 Å². The lowest BCUT2D eigenvalue weighted by atomic mass is 10.0. The van der Waals surface area contributed by atoms with Crippen LogP contribution in [0.5, 0.6) is 5.75 Å². The fourth-order valence-electron chi connectivity index (χ4n) is 3.17. The normalized spacial score (nSPS) is 11.1. The monoisotopic (exact) mass is 389 g/mol. The van der Waals surface area contributed by atoms with Crippen molar-refractivity contribution in [2.45, 2.75) is 33.6 Å². The van der Waals surface area contributed by atoms with Crippen LogP contribution in [0.15, 0.2) is 24.3 Å². The van der Waals surface area contributed by atoms with Crippen molar-refractivity contribution in [1.82, 2.24) is 9.97 Å². The summed E-state index contributed by atoms with van der Waals surface area (Å²) in [5.74, 6) is 1.79. The summed E-state index contributed by atoms with van der Waals surface area (Å²) in [5.41, 5.74) is 2.34. The third-order valence-corrected chi connectivity index (χ3v) is 5.69. The van der Waals surface area contributed by atoms with Gasteiger partial charge in [0.25, 0.3) is 0 Å². The molecule has 0 N–H and O–H groups in total. The van der Waals surface area contributed by atoms with Crippen LogP contribution in [0.3, 0.4) is 0 Å². The van der Waals surface area contributed by atoms with Gasteiger partial charge in [-0.15, -0.1) is 11.3 Å². The van der Waals surface area contributed by atoms with Crippen LogP contribution in [0.2, 0.25) is 5.28 Å². The summed E-state index contributed by atoms with van der Waals surface area (Å²) >= 11 is 7.92. The highest BCUT2D eigenvalue weighted by atomic mass is 35.5. The van der Waals surface area contributed by atoms with Gasteiger partial charge in [0.1, 0.15) is 16.4 Å². The lowest BCUT2D eigenvalue weighted by molar-refractivity contribution is 0.415. The molecule has 0 amide bonds. The van der Waals surface area contributed by atoms with Gasteiger partial charge in [0.05, 0.1) is 12.5 Å². The highest BCUT2D eigenvalue weighted by molar-refractivity contribution is 7.19. The Morgan fingerprint density at radius 2 is 1.88 bits per heavy atom. The molecule has 0 fully saturated rings. The average Bonchev–Trinajstić information content (AvgIpc) is 2.97. The van der Waals surface area contributed by atoms with E-state index in [1.807, 2.05) is 12.1 Å². The van der Waals surface area contributed by atoms with Crippen LogP contribution in [0.25, 0.3) is 21.3 Å². The van der Waals surface area contributed by atoms with Crippen LogP contribution >= 0.6 is 22.9 Å². The smallest absolute Gasteiger partial charge is 0.225 e. The Balaban J connectivity index is 2.21. The summed E-state index contributed by atoms with van der Waals surface area (Å²) in [4.78, 5) is 13.6. The maximum Gasteiger partial charge on any atom is 0.225 e. The van der Waals surface area contributed by atoms with Crippen LogP contribution in [0, 0.1) is 6.92 Å². The number of fused-ring (bicyclic) bond motifs is 1. The van der Waals surface area contributed by atoms with E-state index in [1.54, 1.807) is 18.4 Å². The number of hydrogen-bond acceptors (Lipinski definition) is 5. The van der Waals surface area contributed by atoms with Crippen LogP contribution in [-0.4, -0.2) is 30.2 Å². The standard InChI is InChI=1S/C20H24ClN3OS/c1-5-7-12-24(6-2)18-17-16(14-8-10-15(25-4)11-9-14)13(3)26-19(17)23-20(21)22-18/h8-11H,5-7,12H2,1-4H3. The number of methoxy groups -OCH3 is 1. The third-order valence-electron chi connectivity index (χ3n) is 4.52. The minimum Gasteiger partial charge on any atom is -0.497 e. The summed E-state index contributed by atoms with van der Waals surface area (Å²) in [5, 5.41) is 1.41. The molecule has 0 radical (unpaired) electrons. The second-order valence-corrected chi connectivity index (χ2v) is 7.73. The van der Waals surface area contributed by atoms with Crippen molar-refractivity contribution in [3.8, 4) is 16.9 Å². The molecule has 0 bridgehead atoms. The molecule has 0 saturated heterocycles. The minimum atomic E-state index is 0.310. The molecule has 2 aromatic heterocycles. The van der Waals surface area contributed by atoms with Gasteiger partial charge in [-0.1, -0.05) is 25.5 Å². The van der Waals surface area contributed by atoms with Crippen LogP contribution in [0.1, 0.15) is 31.6 Å². The Labute approximate surface area is 163 Å². The van der Waals surface area contributed by atoms with Gasteiger partial charge in [0, 0.05) is 23.5 Å². The van der Waals surface area contributed by atoms with Crippen LogP contribution in [-0.2, 0) is 0 Å². The van der Waals surface area contributed by atoms with Gasteiger partial charge in [-0.25, -0.2) is 4.98 Å². The largest absolute Gasteiger partial charge is 0.497 e. The Morgan fingerprint density at radius 1 is 1.15 bits per heavy atom. The second kappa shape index (κ2) is 8.23. The lowest BCUT2D eigenvalue weighted by Gasteiger charge is -2.23. The van der Waals surface area contributed by atoms with Crippen LogP contribution in [0.4, 0.5) is 5.82 Å². The predicted molar refractivity (Wildman–Crippen MR) is 112 cm³/mol. The second-order valence-electron chi connectivity index (χ2n) is 6.19. The average molecular weight is 390 g/mol. The molecule has 0 aliphatic heterocycles. The minimum absolute atomic E-state index is 0.310. The molecule has 0 saturated carbocycles. The zero-order valence-electron chi connectivity index (χ0n) is 15.7. The van der Waals surface area contributed by atoms with E-state index in [9.17, 15) is 0 Å². The molecule has 4 nitrogen and oxygen atoms in total. The van der Waals surface area contributed by atoms with Gasteiger partial charge in [0.2, 0.25) is 5.28 Å². The Kier molecular flexibility index (Phi) is 5.99. The molecule has 0 atom stereocenters. The van der Waals surface area contributed by atoms with E-state index in [4.69, 9.17) is 16.3 Å². The molecule has 1 aromatic carbocycles. The number of aromatic nitrogens is 2. The molecule has 3 rings (SSSR count). The van der Waals surface area contributed by atoms with Gasteiger partial charge in [-0.2, -0.15) is 4.98 Å². The highest BCUT2D eigenvalue weighted by Gasteiger charge is 2.21. The van der Waals surface area contributed by atoms with E-state index in [-0.39, 0.29) is 0 Å². The SMILES string of the molecule is CCCCN(CC)c1nc(Cl)nc2sc(C)c(-c3ccc(OC)cc3)c12. The Bertz CT molecular complexity index is 892. The zero-order chi connectivity index (χ0) is 18.7. The molecular formula is C20H24ClN3OS. The number of thiophene rings is 1. The molecule has 0 unspecified atom stereocenters. The van der Waals surface area contributed by atoms with Gasteiger partial charge < -0.3 is 9.64 Å². The topological polar surface area (TPSA) is 38.2 Å². The number of benzene rings is 1. The first-order chi connectivity index (χ1) is 12.6. The number of ether oxygens (including phenoxy) is 1. The molecule has 2 heterocycles. The van der Waals surface area contributed by atoms with E-state index in [2.05, 4.69) is 47.8 Å². The number of unbranched alkanes of at least 4 members (excludes halogenated alkanes) is 1. The van der Waals surface area contributed by atoms with Crippen molar-refractivity contribution in [3.63, 3.8) is 0 Å². The first-order valence-corrected chi connectivity index (χ1v) is 10.1. The quantitative estimate of drug-likeness (QED) is 0.467. The first-order valence-electron chi connectivity index (χ1n) is 8.95. The summed E-state index contributed by atoms with van der Waals surface area (Å²) in [7, 11) is 1.68. The molecule has 0 aliphatic rings. The van der Waals surface area contributed by atoms with Gasteiger partial charge >= 0.3 is 0 Å². The van der Waals surface area contributed by atoms with Crippen molar-refractivity contribution in [2.24, 2.45) is 0 Å². The number of anilines is 1. The van der Waals surface area contributed by atoms with E-state index in [0.29, 0.717) is 5.28 Å². The third kappa shape index (κ3) is 3.64. The number of rotatable bonds is 7. The number of halogens is 1. The van der Waals surface area contributed by atoms with Gasteiger partial charge in [-0.05, 0) is 49.6 Å². The molecular weight excluding hydrogens is 366 g/mol. The van der Waals surface area contributed by atoms with E-state index in [1.165, 1.54) is 10.4 Å². The number of hydrogen-bond donors (Lipinski definition) is 0. The zero-order valence-corrected chi connectivity index (χ0v) is 17.2. The van der Waals surface area contributed by atoms with Crippen molar-refractivity contribution in [2.75, 3.05) is 25.1 Å². The van der Waals surface area contributed by atoms with Crippen molar-refractivity contribution < 1.29 is 4.74 Å². The summed E-state index contributed by atoms with van der Waals surface area (Å²) in [6.07, 6.45) is 2.27. The first kappa shape index (κ1) is 18.9. The maximum absolute atomic E-state index is 6.25. The fourth-order valence-corrected chi connectivity index (χ4v) is 4.42. The van der Waals surface area contributed by atoms with Gasteiger partial charge in [0.15, 0.2) is 0 Å². The Hall–Kier alpha value is -1.85. The van der Waals surface area contributed by atoms with Crippen molar-refractivity contribution in [1.29, 1.82) is 0 Å².